The van der Waals surface area contributed by atoms with E-state index in [2.05, 4.69) is 23.0 Å². The molecule has 2 N–H and O–H groups in total. The first-order chi connectivity index (χ1) is 12.1. The molecular formula is C20H21N3OS. The lowest BCUT2D eigenvalue weighted by Gasteiger charge is -2.15. The van der Waals surface area contributed by atoms with Crippen molar-refractivity contribution >= 4 is 32.6 Å². The number of aromatic nitrogens is 1. The Morgan fingerprint density at radius 3 is 2.80 bits per heavy atom. The SMILES string of the molecule is Cc1ccc(C(=O)NNc2nc3c4c(ccc3s2)CCCC4)c(C)c1. The molecule has 5 heteroatoms. The summed E-state index contributed by atoms with van der Waals surface area (Å²) >= 11 is 1.58. The first-order valence-electron chi connectivity index (χ1n) is 8.67. The van der Waals surface area contributed by atoms with Gasteiger partial charge in [-0.15, -0.1) is 0 Å². The lowest BCUT2D eigenvalue weighted by molar-refractivity contribution is 0.0962. The fraction of sp³-hybridized carbons (Fsp3) is 0.300. The van der Waals surface area contributed by atoms with Crippen molar-refractivity contribution in [1.29, 1.82) is 0 Å². The zero-order valence-electron chi connectivity index (χ0n) is 14.5. The van der Waals surface area contributed by atoms with Crippen LogP contribution in [0.1, 0.15) is 45.5 Å². The molecule has 4 nitrogen and oxygen atoms in total. The van der Waals surface area contributed by atoms with Gasteiger partial charge in [-0.25, -0.2) is 4.98 Å². The van der Waals surface area contributed by atoms with Crippen LogP contribution < -0.4 is 10.9 Å². The van der Waals surface area contributed by atoms with Gasteiger partial charge in [0.25, 0.3) is 5.91 Å². The van der Waals surface area contributed by atoms with Crippen LogP contribution in [0.2, 0.25) is 0 Å². The molecule has 3 aromatic rings. The normalized spacial score (nSPS) is 13.5. The minimum absolute atomic E-state index is 0.140. The van der Waals surface area contributed by atoms with E-state index in [-0.39, 0.29) is 5.91 Å². The van der Waals surface area contributed by atoms with E-state index in [1.807, 2.05) is 32.0 Å². The molecule has 0 aliphatic heterocycles. The number of nitrogens with zero attached hydrogens (tertiary/aromatic N) is 1. The molecule has 1 heterocycles. The zero-order valence-corrected chi connectivity index (χ0v) is 15.3. The van der Waals surface area contributed by atoms with Crippen molar-refractivity contribution in [2.24, 2.45) is 0 Å². The van der Waals surface area contributed by atoms with Crippen LogP contribution in [0.5, 0.6) is 0 Å². The van der Waals surface area contributed by atoms with Crippen LogP contribution >= 0.6 is 11.3 Å². The Bertz CT molecular complexity index is 961. The van der Waals surface area contributed by atoms with E-state index in [1.165, 1.54) is 28.7 Å². The summed E-state index contributed by atoms with van der Waals surface area (Å²) in [4.78, 5) is 17.1. The number of amides is 1. The highest BCUT2D eigenvalue weighted by Gasteiger charge is 2.16. The first-order valence-corrected chi connectivity index (χ1v) is 9.48. The second-order valence-electron chi connectivity index (χ2n) is 6.67. The van der Waals surface area contributed by atoms with Crippen molar-refractivity contribution in [2.75, 3.05) is 5.43 Å². The van der Waals surface area contributed by atoms with Gasteiger partial charge in [-0.2, -0.15) is 0 Å². The second kappa shape index (κ2) is 6.48. The maximum Gasteiger partial charge on any atom is 0.269 e. The summed E-state index contributed by atoms with van der Waals surface area (Å²) in [6.07, 6.45) is 4.75. The summed E-state index contributed by atoms with van der Waals surface area (Å²) in [5, 5.41) is 0.729. The Kier molecular flexibility index (Phi) is 4.17. The summed E-state index contributed by atoms with van der Waals surface area (Å²) in [6, 6.07) is 10.2. The molecule has 4 rings (SSSR count). The number of benzene rings is 2. The third-order valence-electron chi connectivity index (χ3n) is 4.80. The number of thiazole rings is 1. The predicted octanol–water partition coefficient (Wildman–Crippen LogP) is 4.55. The average Bonchev–Trinajstić information content (AvgIpc) is 3.03. The van der Waals surface area contributed by atoms with E-state index in [1.54, 1.807) is 11.3 Å². The van der Waals surface area contributed by atoms with E-state index in [9.17, 15) is 4.79 Å². The Hall–Kier alpha value is -2.40. The van der Waals surface area contributed by atoms with E-state index >= 15 is 0 Å². The molecule has 2 aromatic carbocycles. The van der Waals surface area contributed by atoms with Gasteiger partial charge in [0.05, 0.1) is 10.2 Å². The third kappa shape index (κ3) is 3.12. The number of nitrogens with one attached hydrogen (secondary N) is 2. The highest BCUT2D eigenvalue weighted by molar-refractivity contribution is 7.22. The average molecular weight is 351 g/mol. The van der Waals surface area contributed by atoms with Gasteiger partial charge in [0, 0.05) is 5.56 Å². The monoisotopic (exact) mass is 351 g/mol. The van der Waals surface area contributed by atoms with Crippen LogP contribution in [0.15, 0.2) is 30.3 Å². The minimum Gasteiger partial charge on any atom is -0.273 e. The summed E-state index contributed by atoms with van der Waals surface area (Å²) < 4.78 is 1.17. The summed E-state index contributed by atoms with van der Waals surface area (Å²) in [6.45, 7) is 3.97. The van der Waals surface area contributed by atoms with E-state index < -0.39 is 0 Å². The van der Waals surface area contributed by atoms with Gasteiger partial charge in [0.1, 0.15) is 0 Å². The Morgan fingerprint density at radius 2 is 1.96 bits per heavy atom. The van der Waals surface area contributed by atoms with Crippen molar-refractivity contribution in [3.05, 3.63) is 58.1 Å². The van der Waals surface area contributed by atoms with Crippen LogP contribution in [0, 0.1) is 13.8 Å². The van der Waals surface area contributed by atoms with Crippen LogP contribution in [-0.4, -0.2) is 10.9 Å². The van der Waals surface area contributed by atoms with Gasteiger partial charge < -0.3 is 0 Å². The first kappa shape index (κ1) is 16.1. The fourth-order valence-corrected chi connectivity index (χ4v) is 4.37. The van der Waals surface area contributed by atoms with Gasteiger partial charge in [-0.3, -0.25) is 15.6 Å². The smallest absolute Gasteiger partial charge is 0.269 e. The van der Waals surface area contributed by atoms with E-state index in [4.69, 9.17) is 4.98 Å². The molecule has 25 heavy (non-hydrogen) atoms. The number of rotatable bonds is 3. The lowest BCUT2D eigenvalue weighted by atomic mass is 9.91. The number of hydrogen-bond acceptors (Lipinski definition) is 4. The Morgan fingerprint density at radius 1 is 1.12 bits per heavy atom. The van der Waals surface area contributed by atoms with Crippen LogP contribution in [0.3, 0.4) is 0 Å². The van der Waals surface area contributed by atoms with E-state index in [0.717, 1.165) is 34.6 Å². The molecule has 1 aromatic heterocycles. The molecule has 0 atom stereocenters. The van der Waals surface area contributed by atoms with Crippen LogP contribution in [0.25, 0.3) is 10.2 Å². The second-order valence-corrected chi connectivity index (χ2v) is 7.70. The molecule has 1 aliphatic rings. The van der Waals surface area contributed by atoms with Gasteiger partial charge in [0.15, 0.2) is 0 Å². The molecular weight excluding hydrogens is 330 g/mol. The number of hydrogen-bond donors (Lipinski definition) is 2. The van der Waals surface area contributed by atoms with Crippen molar-refractivity contribution in [1.82, 2.24) is 10.4 Å². The number of hydrazine groups is 1. The number of fused-ring (bicyclic) bond motifs is 3. The number of anilines is 1. The third-order valence-corrected chi connectivity index (χ3v) is 5.73. The molecule has 0 fully saturated rings. The van der Waals surface area contributed by atoms with Crippen molar-refractivity contribution in [2.45, 2.75) is 39.5 Å². The van der Waals surface area contributed by atoms with E-state index in [0.29, 0.717) is 5.56 Å². The fourth-order valence-electron chi connectivity index (χ4n) is 3.52. The largest absolute Gasteiger partial charge is 0.273 e. The molecule has 0 saturated heterocycles. The molecule has 0 bridgehead atoms. The van der Waals surface area contributed by atoms with Gasteiger partial charge in [0.2, 0.25) is 5.13 Å². The topological polar surface area (TPSA) is 54.0 Å². The standard InChI is InChI=1S/C20H21N3OS/c1-12-7-9-15(13(2)11-12)19(24)22-23-20-21-18-16-6-4-3-5-14(16)8-10-17(18)25-20/h7-11H,3-6H2,1-2H3,(H,21,23)(H,22,24). The molecule has 0 radical (unpaired) electrons. The maximum atomic E-state index is 12.4. The highest BCUT2D eigenvalue weighted by atomic mass is 32.1. The van der Waals surface area contributed by atoms with Crippen LogP contribution in [-0.2, 0) is 12.8 Å². The number of aryl methyl sites for hydroxylation is 4. The number of carbonyl (C=O) groups is 1. The molecule has 1 amide bonds. The van der Waals surface area contributed by atoms with Crippen molar-refractivity contribution in [3.8, 4) is 0 Å². The van der Waals surface area contributed by atoms with Gasteiger partial charge in [-0.05, 0) is 68.4 Å². The summed E-state index contributed by atoms with van der Waals surface area (Å²) in [7, 11) is 0. The number of carbonyl (C=O) groups excluding carboxylic acids is 1. The van der Waals surface area contributed by atoms with Crippen LogP contribution in [0.4, 0.5) is 5.13 Å². The van der Waals surface area contributed by atoms with Gasteiger partial charge in [-0.1, -0.05) is 35.1 Å². The molecule has 0 spiro atoms. The molecule has 1 aliphatic carbocycles. The molecule has 0 saturated carbocycles. The molecule has 0 unspecified atom stereocenters. The lowest BCUT2D eigenvalue weighted by Crippen LogP contribution is -2.29. The quantitative estimate of drug-likeness (QED) is 0.681. The summed E-state index contributed by atoms with van der Waals surface area (Å²) in [5.41, 5.74) is 12.5. The minimum atomic E-state index is -0.140. The Labute approximate surface area is 151 Å². The summed E-state index contributed by atoms with van der Waals surface area (Å²) in [5.74, 6) is -0.140. The molecule has 128 valence electrons. The zero-order chi connectivity index (χ0) is 17.4. The van der Waals surface area contributed by atoms with Crippen molar-refractivity contribution in [3.63, 3.8) is 0 Å². The Balaban J connectivity index is 1.54. The maximum absolute atomic E-state index is 12.4. The predicted molar refractivity (Wildman–Crippen MR) is 103 cm³/mol. The van der Waals surface area contributed by atoms with Crippen molar-refractivity contribution < 1.29 is 4.79 Å². The van der Waals surface area contributed by atoms with Gasteiger partial charge >= 0.3 is 0 Å². The highest BCUT2D eigenvalue weighted by Crippen LogP contribution is 2.33.